The normalized spacial score (nSPS) is 13.7. The number of thioether (sulfide) groups is 1. The molecule has 7 heteroatoms. The summed E-state index contributed by atoms with van der Waals surface area (Å²) < 4.78 is 26.6. The fourth-order valence-electron chi connectivity index (χ4n) is 1.55. The Morgan fingerprint density at radius 3 is 2.83 bits per heavy atom. The molecule has 0 fully saturated rings. The maximum absolute atomic E-state index is 12.0. The summed E-state index contributed by atoms with van der Waals surface area (Å²) in [4.78, 5) is 3.24. The van der Waals surface area contributed by atoms with Gasteiger partial charge in [-0.3, -0.25) is 0 Å². The maximum Gasteiger partial charge on any atom is 0.242 e. The van der Waals surface area contributed by atoms with Crippen LogP contribution < -0.4 is 10.0 Å². The van der Waals surface area contributed by atoms with E-state index in [2.05, 4.69) is 15.0 Å². The third-order valence-corrected chi connectivity index (χ3v) is 4.77. The molecule has 0 aliphatic rings. The van der Waals surface area contributed by atoms with E-state index in [0.29, 0.717) is 23.9 Å². The Hall–Kier alpha value is -0.500. The number of rotatable bonds is 8. The molecule has 0 spiro atoms. The van der Waals surface area contributed by atoms with E-state index in [1.807, 2.05) is 20.2 Å². The molecule has 18 heavy (non-hydrogen) atoms. The van der Waals surface area contributed by atoms with Gasteiger partial charge in [-0.15, -0.1) is 0 Å². The average Bonchev–Trinajstić information content (AvgIpc) is 2.77. The van der Waals surface area contributed by atoms with Crippen molar-refractivity contribution in [1.82, 2.24) is 15.0 Å². The van der Waals surface area contributed by atoms with Gasteiger partial charge >= 0.3 is 0 Å². The van der Waals surface area contributed by atoms with Crippen molar-refractivity contribution in [2.75, 3.05) is 25.6 Å². The van der Waals surface area contributed by atoms with Crippen molar-refractivity contribution in [3.63, 3.8) is 0 Å². The van der Waals surface area contributed by atoms with Crippen LogP contribution in [0.25, 0.3) is 0 Å². The summed E-state index contributed by atoms with van der Waals surface area (Å²) in [7, 11) is -1.57. The second-order valence-corrected chi connectivity index (χ2v) is 6.98. The van der Waals surface area contributed by atoms with E-state index in [1.165, 1.54) is 6.20 Å². The zero-order valence-corrected chi connectivity index (χ0v) is 12.6. The van der Waals surface area contributed by atoms with Gasteiger partial charge in [-0.1, -0.05) is 6.92 Å². The first-order chi connectivity index (χ1) is 8.49. The predicted octanol–water partition coefficient (Wildman–Crippen LogP) is 1.01. The summed E-state index contributed by atoms with van der Waals surface area (Å²) >= 11 is 1.72. The summed E-state index contributed by atoms with van der Waals surface area (Å²) in [5.41, 5.74) is 0.857. The van der Waals surface area contributed by atoms with Gasteiger partial charge in [-0.25, -0.2) is 13.1 Å². The lowest BCUT2D eigenvalue weighted by atomic mass is 10.2. The third-order valence-electron chi connectivity index (χ3n) is 2.47. The number of aromatic nitrogens is 1. The molecular formula is C11H21N3O2S2. The van der Waals surface area contributed by atoms with Crippen LogP contribution in [0.2, 0.25) is 0 Å². The first kappa shape index (κ1) is 15.6. The van der Waals surface area contributed by atoms with E-state index in [-0.39, 0.29) is 0 Å². The number of aromatic amines is 1. The largest absolute Gasteiger partial charge is 0.363 e. The highest BCUT2D eigenvalue weighted by Gasteiger charge is 2.16. The summed E-state index contributed by atoms with van der Waals surface area (Å²) in [5, 5.41) is 2.97. The number of H-pyrrole nitrogens is 1. The molecule has 0 aliphatic heterocycles. The molecule has 0 aliphatic carbocycles. The van der Waals surface area contributed by atoms with Crippen LogP contribution in [0.15, 0.2) is 17.2 Å². The lowest BCUT2D eigenvalue weighted by Crippen LogP contribution is -2.29. The van der Waals surface area contributed by atoms with Crippen LogP contribution in [-0.4, -0.2) is 39.0 Å². The van der Waals surface area contributed by atoms with Gasteiger partial charge in [0.2, 0.25) is 10.0 Å². The van der Waals surface area contributed by atoms with Crippen molar-refractivity contribution in [2.45, 2.75) is 18.4 Å². The van der Waals surface area contributed by atoms with Crippen molar-refractivity contribution in [2.24, 2.45) is 5.92 Å². The summed E-state index contributed by atoms with van der Waals surface area (Å²) in [6.45, 7) is 3.12. The molecule has 0 bridgehead atoms. The topological polar surface area (TPSA) is 74.0 Å². The third kappa shape index (κ3) is 4.64. The van der Waals surface area contributed by atoms with E-state index in [9.17, 15) is 8.42 Å². The molecule has 1 aromatic rings. The number of hydrogen-bond acceptors (Lipinski definition) is 4. The molecular weight excluding hydrogens is 270 g/mol. The van der Waals surface area contributed by atoms with Crippen molar-refractivity contribution in [1.29, 1.82) is 0 Å². The van der Waals surface area contributed by atoms with Gasteiger partial charge in [-0.2, -0.15) is 11.8 Å². The van der Waals surface area contributed by atoms with Crippen LogP contribution in [0, 0.1) is 5.92 Å². The van der Waals surface area contributed by atoms with Crippen molar-refractivity contribution in [3.05, 3.63) is 18.0 Å². The van der Waals surface area contributed by atoms with Crippen LogP contribution in [0.3, 0.4) is 0 Å². The minimum absolute atomic E-state index is 0.295. The minimum Gasteiger partial charge on any atom is -0.363 e. The molecule has 1 rings (SSSR count). The number of sulfonamides is 1. The van der Waals surface area contributed by atoms with E-state index in [0.717, 1.165) is 11.4 Å². The molecule has 0 aromatic carbocycles. The second-order valence-electron chi connectivity index (χ2n) is 4.30. The molecule has 0 amide bonds. The van der Waals surface area contributed by atoms with Gasteiger partial charge in [0.25, 0.3) is 0 Å². The van der Waals surface area contributed by atoms with E-state index in [4.69, 9.17) is 0 Å². The van der Waals surface area contributed by atoms with Gasteiger partial charge in [0, 0.05) is 25.0 Å². The Morgan fingerprint density at radius 1 is 1.50 bits per heavy atom. The van der Waals surface area contributed by atoms with Crippen molar-refractivity contribution in [3.8, 4) is 0 Å². The predicted molar refractivity (Wildman–Crippen MR) is 76.3 cm³/mol. The van der Waals surface area contributed by atoms with E-state index >= 15 is 0 Å². The van der Waals surface area contributed by atoms with Gasteiger partial charge < -0.3 is 10.3 Å². The first-order valence-electron chi connectivity index (χ1n) is 5.80. The highest BCUT2D eigenvalue weighted by Crippen LogP contribution is 2.11. The van der Waals surface area contributed by atoms with Crippen LogP contribution in [0.4, 0.5) is 0 Å². The molecule has 0 radical (unpaired) electrons. The van der Waals surface area contributed by atoms with Gasteiger partial charge in [-0.05, 0) is 31.0 Å². The minimum atomic E-state index is -3.39. The Balaban J connectivity index is 2.62. The smallest absolute Gasteiger partial charge is 0.242 e. The second kappa shape index (κ2) is 7.18. The molecule has 5 nitrogen and oxygen atoms in total. The number of hydrogen-bond donors (Lipinski definition) is 3. The van der Waals surface area contributed by atoms with Crippen LogP contribution in [-0.2, 0) is 16.6 Å². The van der Waals surface area contributed by atoms with Gasteiger partial charge in [0.1, 0.15) is 0 Å². The lowest BCUT2D eigenvalue weighted by Gasteiger charge is -2.10. The standard InChI is InChI=1S/C11H21N3O2S2/c1-9(8-17-3)5-14-18(15,16)11-4-10(6-12-2)13-7-11/h4,7,9,12-14H,5-6,8H2,1-3H3. The monoisotopic (exact) mass is 291 g/mol. The number of nitrogens with one attached hydrogen (secondary N) is 3. The average molecular weight is 291 g/mol. The van der Waals surface area contributed by atoms with Crippen LogP contribution in [0.1, 0.15) is 12.6 Å². The van der Waals surface area contributed by atoms with Crippen molar-refractivity contribution >= 4 is 21.8 Å². The zero-order chi connectivity index (χ0) is 13.6. The van der Waals surface area contributed by atoms with Crippen LogP contribution >= 0.6 is 11.8 Å². The van der Waals surface area contributed by atoms with Crippen LogP contribution in [0.5, 0.6) is 0 Å². The molecule has 1 unspecified atom stereocenters. The molecule has 0 saturated carbocycles. The van der Waals surface area contributed by atoms with E-state index in [1.54, 1.807) is 17.8 Å². The molecule has 0 saturated heterocycles. The molecule has 1 aromatic heterocycles. The Labute approximate surface area is 113 Å². The van der Waals surface area contributed by atoms with Gasteiger partial charge in [0.15, 0.2) is 0 Å². The highest BCUT2D eigenvalue weighted by molar-refractivity contribution is 7.98. The SMILES string of the molecule is CNCc1cc(S(=O)(=O)NCC(C)CSC)c[nH]1. The fraction of sp³-hybridized carbons (Fsp3) is 0.636. The highest BCUT2D eigenvalue weighted by atomic mass is 32.2. The van der Waals surface area contributed by atoms with Crippen molar-refractivity contribution < 1.29 is 8.42 Å². The molecule has 1 atom stereocenters. The molecule has 3 N–H and O–H groups in total. The Morgan fingerprint density at radius 2 is 2.22 bits per heavy atom. The molecule has 1 heterocycles. The lowest BCUT2D eigenvalue weighted by molar-refractivity contribution is 0.563. The molecule has 104 valence electrons. The quantitative estimate of drug-likeness (QED) is 0.668. The fourth-order valence-corrected chi connectivity index (χ4v) is 3.41. The van der Waals surface area contributed by atoms with Gasteiger partial charge in [0.05, 0.1) is 4.90 Å². The Kier molecular flexibility index (Phi) is 6.20. The summed E-state index contributed by atoms with van der Waals surface area (Å²) in [5.74, 6) is 1.27. The van der Waals surface area contributed by atoms with E-state index < -0.39 is 10.0 Å². The Bertz CT molecular complexity index is 457. The zero-order valence-electron chi connectivity index (χ0n) is 11.0. The maximum atomic E-state index is 12.0. The summed E-state index contributed by atoms with van der Waals surface area (Å²) in [6, 6.07) is 1.65. The first-order valence-corrected chi connectivity index (χ1v) is 8.67. The summed E-state index contributed by atoms with van der Waals surface area (Å²) in [6.07, 6.45) is 3.54.